The molecule has 5 heteroatoms. The van der Waals surface area contributed by atoms with Crippen molar-refractivity contribution >= 4 is 0 Å². The zero-order valence-corrected chi connectivity index (χ0v) is 16.3. The van der Waals surface area contributed by atoms with E-state index in [2.05, 4.69) is 27.9 Å². The van der Waals surface area contributed by atoms with E-state index in [9.17, 15) is 9.50 Å². The SMILES string of the molecule is C#Cc1ccc(CN2CCN(Cc3ccc(OC)cc3F)[C@H](CCO)C2)cc1. The van der Waals surface area contributed by atoms with Gasteiger partial charge in [-0.2, -0.15) is 0 Å². The average Bonchev–Trinajstić information content (AvgIpc) is 2.72. The number of piperazine rings is 1. The Morgan fingerprint density at radius 1 is 1.18 bits per heavy atom. The minimum atomic E-state index is -0.252. The van der Waals surface area contributed by atoms with Crippen LogP contribution in [0.25, 0.3) is 0 Å². The van der Waals surface area contributed by atoms with E-state index in [1.54, 1.807) is 12.1 Å². The standard InChI is InChI=1S/C23H27FN2O2/c1-3-18-4-6-19(7-5-18)15-25-11-12-26(21(17-25)10-13-27)16-20-8-9-22(28-2)14-23(20)24/h1,4-9,14,21,27H,10-13,15-17H2,2H3/t21-/m1/s1. The number of nitrogens with zero attached hydrogens (tertiary/aromatic N) is 2. The van der Waals surface area contributed by atoms with E-state index in [0.717, 1.165) is 31.7 Å². The van der Waals surface area contributed by atoms with Crippen molar-refractivity contribution in [2.75, 3.05) is 33.4 Å². The van der Waals surface area contributed by atoms with Crippen molar-refractivity contribution in [2.24, 2.45) is 0 Å². The summed E-state index contributed by atoms with van der Waals surface area (Å²) in [6, 6.07) is 13.2. The molecule has 0 saturated carbocycles. The van der Waals surface area contributed by atoms with Gasteiger partial charge in [0.1, 0.15) is 11.6 Å². The monoisotopic (exact) mass is 382 g/mol. The molecule has 148 valence electrons. The van der Waals surface area contributed by atoms with Crippen molar-refractivity contribution in [3.63, 3.8) is 0 Å². The number of hydrogen-bond acceptors (Lipinski definition) is 4. The Morgan fingerprint density at radius 2 is 1.96 bits per heavy atom. The second-order valence-electron chi connectivity index (χ2n) is 7.17. The van der Waals surface area contributed by atoms with E-state index < -0.39 is 0 Å². The van der Waals surface area contributed by atoms with Gasteiger partial charge in [0.15, 0.2) is 0 Å². The molecule has 1 fully saturated rings. The number of halogens is 1. The average molecular weight is 382 g/mol. The molecule has 1 N–H and O–H groups in total. The Hall–Kier alpha value is -2.39. The Bertz CT molecular complexity index is 816. The number of aliphatic hydroxyl groups excluding tert-OH is 1. The number of aliphatic hydroxyl groups is 1. The second-order valence-corrected chi connectivity index (χ2v) is 7.17. The van der Waals surface area contributed by atoms with Crippen LogP contribution in [0, 0.1) is 18.2 Å². The number of hydrogen-bond donors (Lipinski definition) is 1. The summed E-state index contributed by atoms with van der Waals surface area (Å²) in [4.78, 5) is 4.64. The molecule has 1 atom stereocenters. The molecule has 3 rings (SSSR count). The Morgan fingerprint density at radius 3 is 2.61 bits per heavy atom. The van der Waals surface area contributed by atoms with Crippen molar-refractivity contribution in [1.82, 2.24) is 9.80 Å². The summed E-state index contributed by atoms with van der Waals surface area (Å²) in [6.45, 7) is 4.07. The lowest BCUT2D eigenvalue weighted by Crippen LogP contribution is -2.52. The van der Waals surface area contributed by atoms with Gasteiger partial charge in [0.05, 0.1) is 7.11 Å². The lowest BCUT2D eigenvalue weighted by molar-refractivity contribution is 0.0493. The normalized spacial score (nSPS) is 18.0. The van der Waals surface area contributed by atoms with Crippen LogP contribution >= 0.6 is 0 Å². The summed E-state index contributed by atoms with van der Waals surface area (Å²) in [7, 11) is 1.53. The minimum Gasteiger partial charge on any atom is -0.497 e. The van der Waals surface area contributed by atoms with Crippen molar-refractivity contribution in [3.05, 3.63) is 65.0 Å². The highest BCUT2D eigenvalue weighted by atomic mass is 19.1. The van der Waals surface area contributed by atoms with Gasteiger partial charge in [-0.15, -0.1) is 6.42 Å². The molecule has 1 heterocycles. The maximum Gasteiger partial charge on any atom is 0.131 e. The molecule has 0 bridgehead atoms. The minimum absolute atomic E-state index is 0.122. The fraction of sp³-hybridized carbons (Fsp3) is 0.391. The number of benzene rings is 2. The van der Waals surface area contributed by atoms with Crippen LogP contribution in [0.5, 0.6) is 5.75 Å². The summed E-state index contributed by atoms with van der Waals surface area (Å²) < 4.78 is 19.4. The van der Waals surface area contributed by atoms with E-state index in [4.69, 9.17) is 11.2 Å². The molecule has 0 radical (unpaired) electrons. The largest absolute Gasteiger partial charge is 0.497 e. The summed E-state index contributed by atoms with van der Waals surface area (Å²) in [5.41, 5.74) is 2.76. The maximum absolute atomic E-state index is 14.4. The van der Waals surface area contributed by atoms with Crippen LogP contribution in [0.3, 0.4) is 0 Å². The highest BCUT2D eigenvalue weighted by Crippen LogP contribution is 2.22. The molecular weight excluding hydrogens is 355 g/mol. The fourth-order valence-electron chi connectivity index (χ4n) is 3.70. The summed E-state index contributed by atoms with van der Waals surface area (Å²) in [5.74, 6) is 2.91. The second kappa shape index (κ2) is 9.70. The van der Waals surface area contributed by atoms with E-state index >= 15 is 0 Å². The van der Waals surface area contributed by atoms with Crippen LogP contribution < -0.4 is 4.74 Å². The Labute approximate surface area is 166 Å². The zero-order valence-electron chi connectivity index (χ0n) is 16.3. The van der Waals surface area contributed by atoms with E-state index in [0.29, 0.717) is 24.3 Å². The van der Waals surface area contributed by atoms with Crippen molar-refractivity contribution in [3.8, 4) is 18.1 Å². The predicted molar refractivity (Wildman–Crippen MR) is 109 cm³/mol. The van der Waals surface area contributed by atoms with Gasteiger partial charge in [-0.05, 0) is 30.2 Å². The molecule has 2 aromatic rings. The van der Waals surface area contributed by atoms with Gasteiger partial charge in [0.25, 0.3) is 0 Å². The third kappa shape index (κ3) is 5.11. The lowest BCUT2D eigenvalue weighted by Gasteiger charge is -2.41. The number of terminal acetylenes is 1. The Balaban J connectivity index is 1.64. The van der Waals surface area contributed by atoms with Gasteiger partial charge in [-0.25, -0.2) is 4.39 Å². The third-order valence-corrected chi connectivity index (χ3v) is 5.31. The molecule has 0 spiro atoms. The van der Waals surface area contributed by atoms with Gasteiger partial charge in [0.2, 0.25) is 0 Å². The van der Waals surface area contributed by atoms with Gasteiger partial charge in [-0.3, -0.25) is 9.80 Å². The van der Waals surface area contributed by atoms with Crippen LogP contribution in [0.1, 0.15) is 23.1 Å². The highest BCUT2D eigenvalue weighted by molar-refractivity contribution is 5.34. The van der Waals surface area contributed by atoms with Gasteiger partial charge in [0, 0.05) is 62.6 Å². The van der Waals surface area contributed by atoms with Gasteiger partial charge < -0.3 is 9.84 Å². The maximum atomic E-state index is 14.4. The summed E-state index contributed by atoms with van der Waals surface area (Å²) in [5, 5.41) is 9.50. The van der Waals surface area contributed by atoms with Crippen molar-refractivity contribution in [1.29, 1.82) is 0 Å². The molecule has 1 saturated heterocycles. The third-order valence-electron chi connectivity index (χ3n) is 5.31. The van der Waals surface area contributed by atoms with E-state index in [-0.39, 0.29) is 18.5 Å². The number of rotatable bonds is 7. The summed E-state index contributed by atoms with van der Waals surface area (Å²) >= 11 is 0. The van der Waals surface area contributed by atoms with Crippen molar-refractivity contribution in [2.45, 2.75) is 25.6 Å². The first-order valence-corrected chi connectivity index (χ1v) is 9.58. The molecule has 0 aromatic heterocycles. The molecule has 0 aliphatic carbocycles. The van der Waals surface area contributed by atoms with E-state index in [1.807, 2.05) is 12.1 Å². The molecule has 0 amide bonds. The Kier molecular flexibility index (Phi) is 7.05. The predicted octanol–water partition coefficient (Wildman–Crippen LogP) is 2.88. The van der Waals surface area contributed by atoms with Crippen LogP contribution in [0.4, 0.5) is 4.39 Å². The summed E-state index contributed by atoms with van der Waals surface area (Å²) in [6.07, 6.45) is 6.09. The van der Waals surface area contributed by atoms with Crippen LogP contribution in [-0.4, -0.2) is 54.3 Å². The molecule has 2 aromatic carbocycles. The smallest absolute Gasteiger partial charge is 0.131 e. The first-order valence-electron chi connectivity index (χ1n) is 9.58. The quantitative estimate of drug-likeness (QED) is 0.747. The highest BCUT2D eigenvalue weighted by Gasteiger charge is 2.27. The lowest BCUT2D eigenvalue weighted by atomic mass is 10.1. The molecule has 1 aliphatic heterocycles. The van der Waals surface area contributed by atoms with Gasteiger partial charge >= 0.3 is 0 Å². The van der Waals surface area contributed by atoms with Gasteiger partial charge in [-0.1, -0.05) is 24.1 Å². The zero-order chi connectivity index (χ0) is 19.9. The van der Waals surface area contributed by atoms with Crippen LogP contribution in [-0.2, 0) is 13.1 Å². The van der Waals surface area contributed by atoms with Crippen LogP contribution in [0.2, 0.25) is 0 Å². The first kappa shape index (κ1) is 20.3. The molecule has 28 heavy (non-hydrogen) atoms. The molecule has 1 aliphatic rings. The topological polar surface area (TPSA) is 35.9 Å². The van der Waals surface area contributed by atoms with Crippen molar-refractivity contribution < 1.29 is 14.2 Å². The van der Waals surface area contributed by atoms with E-state index in [1.165, 1.54) is 18.7 Å². The molecule has 0 unspecified atom stereocenters. The first-order chi connectivity index (χ1) is 13.6. The molecular formula is C23H27FN2O2. The van der Waals surface area contributed by atoms with Crippen LogP contribution in [0.15, 0.2) is 42.5 Å². The fourth-order valence-corrected chi connectivity index (χ4v) is 3.70. The number of methoxy groups -OCH3 is 1. The number of ether oxygens (including phenoxy) is 1. The molecule has 4 nitrogen and oxygen atoms in total.